The molecule has 0 radical (unpaired) electrons. The molecule has 1 aromatic rings. The minimum Gasteiger partial charge on any atom is -0.373 e. The van der Waals surface area contributed by atoms with E-state index in [4.69, 9.17) is 21.5 Å². The highest BCUT2D eigenvalue weighted by Gasteiger charge is 2.18. The highest BCUT2D eigenvalue weighted by atomic mass is 32.1. The van der Waals surface area contributed by atoms with Crippen molar-refractivity contribution < 1.29 is 9.26 Å². The highest BCUT2D eigenvalue weighted by molar-refractivity contribution is 7.71. The number of hydrogen-bond donors (Lipinski definition) is 1. The molecule has 0 bridgehead atoms. The van der Waals surface area contributed by atoms with E-state index in [0.717, 1.165) is 0 Å². The number of H-pyrrole nitrogens is 1. The van der Waals surface area contributed by atoms with Crippen molar-refractivity contribution in [2.75, 3.05) is 7.11 Å². The van der Waals surface area contributed by atoms with E-state index < -0.39 is 0 Å². The smallest absolute Gasteiger partial charge is 0.314 e. The van der Waals surface area contributed by atoms with Gasteiger partial charge < -0.3 is 9.26 Å². The molecule has 0 aliphatic rings. The third kappa shape index (κ3) is 1.92. The lowest BCUT2D eigenvalue weighted by Crippen LogP contribution is -2.10. The number of nitrogens with one attached hydrogen (secondary N) is 1. The molecule has 0 aromatic carbocycles. The van der Waals surface area contributed by atoms with Crippen LogP contribution in [0.3, 0.4) is 0 Å². The van der Waals surface area contributed by atoms with Crippen LogP contribution in [0.15, 0.2) is 4.52 Å². The van der Waals surface area contributed by atoms with Crippen LogP contribution >= 0.6 is 12.2 Å². The van der Waals surface area contributed by atoms with Gasteiger partial charge >= 0.3 is 4.84 Å². The summed E-state index contributed by atoms with van der Waals surface area (Å²) in [5, 5.41) is 2.62. The Hall–Kier alpha value is -0.680. The number of aromatic amines is 1. The number of methoxy groups -OCH3 is 1. The second-order valence-corrected chi connectivity index (χ2v) is 3.22. The van der Waals surface area contributed by atoms with Crippen molar-refractivity contribution in [2.24, 2.45) is 5.92 Å². The minimum atomic E-state index is -0.0783. The summed E-state index contributed by atoms with van der Waals surface area (Å²) >= 11 is 4.72. The van der Waals surface area contributed by atoms with Gasteiger partial charge in [0.1, 0.15) is 6.10 Å². The van der Waals surface area contributed by atoms with E-state index >= 15 is 0 Å². The first-order valence-electron chi connectivity index (χ1n) is 3.73. The third-order valence-electron chi connectivity index (χ3n) is 1.58. The molecule has 0 aliphatic carbocycles. The van der Waals surface area contributed by atoms with Crippen molar-refractivity contribution in [1.29, 1.82) is 0 Å². The van der Waals surface area contributed by atoms with E-state index in [9.17, 15) is 0 Å². The Kier molecular flexibility index (Phi) is 2.99. The van der Waals surface area contributed by atoms with Crippen LogP contribution in [0.5, 0.6) is 0 Å². The topological polar surface area (TPSA) is 51.1 Å². The standard InChI is InChI=1S/C7H12N2O2S/c1-4(2)5(10-3)6-8-7(12)11-9-6/h4-5H,1-3H3,(H,8,9,12). The largest absolute Gasteiger partial charge is 0.373 e. The van der Waals surface area contributed by atoms with Crippen LogP contribution in [0, 0.1) is 10.8 Å². The molecule has 0 saturated carbocycles. The molecular weight excluding hydrogens is 176 g/mol. The maximum absolute atomic E-state index is 5.21. The Morgan fingerprint density at radius 3 is 2.58 bits per heavy atom. The van der Waals surface area contributed by atoms with E-state index in [2.05, 4.69) is 10.1 Å². The molecule has 68 valence electrons. The molecule has 1 aromatic heterocycles. The van der Waals surface area contributed by atoms with Gasteiger partial charge in [0.05, 0.1) is 0 Å². The molecule has 1 rings (SSSR count). The SMILES string of the molecule is COC(c1nc(=S)o[nH]1)C(C)C. The Morgan fingerprint density at radius 1 is 1.58 bits per heavy atom. The lowest BCUT2D eigenvalue weighted by Gasteiger charge is -2.14. The monoisotopic (exact) mass is 188 g/mol. The van der Waals surface area contributed by atoms with Gasteiger partial charge in [-0.1, -0.05) is 13.8 Å². The number of ether oxygens (including phenoxy) is 1. The van der Waals surface area contributed by atoms with Crippen LogP contribution in [-0.4, -0.2) is 17.3 Å². The highest BCUT2D eigenvalue weighted by Crippen LogP contribution is 2.21. The van der Waals surface area contributed by atoms with Crippen molar-refractivity contribution in [3.05, 3.63) is 10.7 Å². The van der Waals surface area contributed by atoms with Crippen molar-refractivity contribution >= 4 is 12.2 Å². The lowest BCUT2D eigenvalue weighted by molar-refractivity contribution is 0.0555. The maximum atomic E-state index is 5.21. The molecule has 0 saturated heterocycles. The summed E-state index contributed by atoms with van der Waals surface area (Å²) in [4.78, 5) is 4.19. The van der Waals surface area contributed by atoms with E-state index in [0.29, 0.717) is 11.7 Å². The zero-order valence-electron chi connectivity index (χ0n) is 7.33. The van der Waals surface area contributed by atoms with Gasteiger partial charge in [0.25, 0.3) is 0 Å². The van der Waals surface area contributed by atoms with Crippen molar-refractivity contribution in [2.45, 2.75) is 20.0 Å². The molecule has 0 amide bonds. The fourth-order valence-electron chi connectivity index (χ4n) is 1.06. The predicted octanol–water partition coefficient (Wildman–Crippen LogP) is 2.08. The van der Waals surface area contributed by atoms with E-state index in [1.807, 2.05) is 13.8 Å². The summed E-state index contributed by atoms with van der Waals surface area (Å²) in [5.74, 6) is 0.989. The zero-order chi connectivity index (χ0) is 9.14. The fourth-order valence-corrected chi connectivity index (χ4v) is 1.20. The summed E-state index contributed by atoms with van der Waals surface area (Å²) in [6.45, 7) is 4.08. The average molecular weight is 188 g/mol. The second kappa shape index (κ2) is 3.82. The predicted molar refractivity (Wildman–Crippen MR) is 46.3 cm³/mol. The first kappa shape index (κ1) is 9.41. The molecule has 1 atom stereocenters. The molecule has 0 spiro atoms. The summed E-state index contributed by atoms with van der Waals surface area (Å²) in [6.07, 6.45) is -0.0783. The number of rotatable bonds is 3. The first-order chi connectivity index (χ1) is 5.65. The van der Waals surface area contributed by atoms with Gasteiger partial charge in [0.2, 0.25) is 0 Å². The number of aromatic nitrogens is 2. The normalized spacial score (nSPS) is 13.7. The Bertz CT molecular complexity index is 292. The van der Waals surface area contributed by atoms with Gasteiger partial charge in [-0.2, -0.15) is 4.98 Å². The zero-order valence-corrected chi connectivity index (χ0v) is 8.14. The molecule has 0 aliphatic heterocycles. The van der Waals surface area contributed by atoms with Gasteiger partial charge in [-0.15, -0.1) is 0 Å². The summed E-state index contributed by atoms with van der Waals surface area (Å²) in [7, 11) is 1.64. The molecule has 5 heteroatoms. The molecule has 1 unspecified atom stereocenters. The van der Waals surface area contributed by atoms with Crippen LogP contribution in [0.1, 0.15) is 25.8 Å². The van der Waals surface area contributed by atoms with Crippen molar-refractivity contribution in [3.8, 4) is 0 Å². The Balaban J connectivity index is 2.87. The third-order valence-corrected chi connectivity index (χ3v) is 1.76. The number of hydrogen-bond acceptors (Lipinski definition) is 4. The average Bonchev–Trinajstić information content (AvgIpc) is 2.37. The molecule has 12 heavy (non-hydrogen) atoms. The maximum Gasteiger partial charge on any atom is 0.314 e. The van der Waals surface area contributed by atoms with E-state index in [1.165, 1.54) is 0 Å². The first-order valence-corrected chi connectivity index (χ1v) is 4.14. The summed E-state index contributed by atoms with van der Waals surface area (Å²) in [5.41, 5.74) is 0. The quantitative estimate of drug-likeness (QED) is 0.738. The van der Waals surface area contributed by atoms with Crippen LogP contribution in [-0.2, 0) is 4.74 Å². The van der Waals surface area contributed by atoms with Gasteiger partial charge in [0.15, 0.2) is 5.82 Å². The van der Waals surface area contributed by atoms with E-state index in [-0.39, 0.29) is 10.9 Å². The van der Waals surface area contributed by atoms with E-state index in [1.54, 1.807) is 7.11 Å². The van der Waals surface area contributed by atoms with Crippen LogP contribution < -0.4 is 0 Å². The second-order valence-electron chi connectivity index (χ2n) is 2.87. The Morgan fingerprint density at radius 2 is 2.25 bits per heavy atom. The molecule has 1 heterocycles. The van der Waals surface area contributed by atoms with Crippen LogP contribution in [0.25, 0.3) is 0 Å². The number of nitrogens with zero attached hydrogens (tertiary/aromatic N) is 1. The van der Waals surface area contributed by atoms with Crippen molar-refractivity contribution in [3.63, 3.8) is 0 Å². The minimum absolute atomic E-state index is 0.0783. The Labute approximate surface area is 75.9 Å². The van der Waals surface area contributed by atoms with Crippen molar-refractivity contribution in [1.82, 2.24) is 10.1 Å². The van der Waals surface area contributed by atoms with Gasteiger partial charge in [0, 0.05) is 7.11 Å². The lowest BCUT2D eigenvalue weighted by atomic mass is 10.1. The van der Waals surface area contributed by atoms with Gasteiger partial charge in [-0.3, -0.25) is 0 Å². The van der Waals surface area contributed by atoms with Gasteiger partial charge in [-0.05, 0) is 18.1 Å². The fraction of sp³-hybridized carbons (Fsp3) is 0.714. The van der Waals surface area contributed by atoms with Crippen LogP contribution in [0.2, 0.25) is 0 Å². The summed E-state index contributed by atoms with van der Waals surface area (Å²) in [6, 6.07) is 0. The van der Waals surface area contributed by atoms with Gasteiger partial charge in [-0.25, -0.2) is 5.16 Å². The molecular formula is C7H12N2O2S. The molecule has 4 nitrogen and oxygen atoms in total. The molecule has 0 fully saturated rings. The van der Waals surface area contributed by atoms with Crippen LogP contribution in [0.4, 0.5) is 0 Å². The summed E-state index contributed by atoms with van der Waals surface area (Å²) < 4.78 is 10.0. The molecule has 1 N–H and O–H groups in total.